The van der Waals surface area contributed by atoms with E-state index in [9.17, 15) is 4.79 Å². The number of hydrogen-bond donors (Lipinski definition) is 1. The van der Waals surface area contributed by atoms with E-state index in [-0.39, 0.29) is 11.9 Å². The summed E-state index contributed by atoms with van der Waals surface area (Å²) in [5.74, 6) is 0.0542. The van der Waals surface area contributed by atoms with Crippen LogP contribution in [0.4, 0.5) is 0 Å². The van der Waals surface area contributed by atoms with Gasteiger partial charge in [0.05, 0.1) is 19.2 Å². The van der Waals surface area contributed by atoms with E-state index < -0.39 is 0 Å². The van der Waals surface area contributed by atoms with E-state index in [0.29, 0.717) is 24.7 Å². The molecule has 1 atom stereocenters. The van der Waals surface area contributed by atoms with Gasteiger partial charge >= 0.3 is 0 Å². The fourth-order valence-corrected chi connectivity index (χ4v) is 1.80. The predicted molar refractivity (Wildman–Crippen MR) is 77.4 cm³/mol. The number of halogens is 1. The Hall–Kier alpha value is -1.10. The molecule has 0 aliphatic heterocycles. The van der Waals surface area contributed by atoms with E-state index >= 15 is 0 Å². The number of ether oxygens (including phenoxy) is 1. The van der Waals surface area contributed by atoms with Crippen molar-refractivity contribution in [3.63, 3.8) is 0 Å². The van der Waals surface area contributed by atoms with E-state index in [0.717, 1.165) is 5.56 Å². The maximum Gasteiger partial charge on any atom is 0.236 e. The Kier molecular flexibility index (Phi) is 6.84. The summed E-state index contributed by atoms with van der Waals surface area (Å²) in [5, 5.41) is 3.75. The minimum absolute atomic E-state index is 0.0222. The van der Waals surface area contributed by atoms with Crippen LogP contribution in [0.3, 0.4) is 0 Å². The molecule has 0 saturated heterocycles. The first-order valence-corrected chi connectivity index (χ1v) is 6.65. The van der Waals surface area contributed by atoms with Gasteiger partial charge in [0.15, 0.2) is 0 Å². The monoisotopic (exact) mass is 284 g/mol. The molecule has 0 saturated carbocycles. The average Bonchev–Trinajstić information content (AvgIpc) is 2.42. The third kappa shape index (κ3) is 5.19. The first-order chi connectivity index (χ1) is 9.06. The van der Waals surface area contributed by atoms with Crippen molar-refractivity contribution in [2.45, 2.75) is 13.0 Å². The summed E-state index contributed by atoms with van der Waals surface area (Å²) in [6.07, 6.45) is 0. The van der Waals surface area contributed by atoms with Gasteiger partial charge in [-0.05, 0) is 24.6 Å². The Balaban J connectivity index is 2.49. The van der Waals surface area contributed by atoms with Crippen molar-refractivity contribution < 1.29 is 9.53 Å². The fourth-order valence-electron chi connectivity index (χ4n) is 1.68. The van der Waals surface area contributed by atoms with Crippen LogP contribution in [-0.2, 0) is 9.53 Å². The number of methoxy groups -OCH3 is 1. The normalized spacial score (nSPS) is 12.2. The van der Waals surface area contributed by atoms with Crippen LogP contribution in [0.2, 0.25) is 5.02 Å². The maximum atomic E-state index is 12.0. The minimum Gasteiger partial charge on any atom is -0.383 e. The van der Waals surface area contributed by atoms with Gasteiger partial charge in [-0.25, -0.2) is 0 Å². The Morgan fingerprint density at radius 1 is 1.42 bits per heavy atom. The topological polar surface area (TPSA) is 41.6 Å². The summed E-state index contributed by atoms with van der Waals surface area (Å²) in [6.45, 7) is 3.59. The standard InChI is InChI=1S/C14H21ClN2O2/c1-11(12-4-6-13(15)7-5-12)17(2)14(18)10-16-8-9-19-3/h4-7,11,16H,8-10H2,1-3H3. The molecule has 0 heterocycles. The lowest BCUT2D eigenvalue weighted by molar-refractivity contribution is -0.130. The Morgan fingerprint density at radius 3 is 2.63 bits per heavy atom. The second kappa shape index (κ2) is 8.15. The van der Waals surface area contributed by atoms with Gasteiger partial charge in [0, 0.05) is 25.7 Å². The number of benzene rings is 1. The summed E-state index contributed by atoms with van der Waals surface area (Å²) in [5.41, 5.74) is 1.07. The van der Waals surface area contributed by atoms with Gasteiger partial charge < -0.3 is 15.0 Å². The number of nitrogens with zero attached hydrogens (tertiary/aromatic N) is 1. The molecule has 5 heteroatoms. The molecule has 0 aliphatic rings. The number of likely N-dealkylation sites (N-methyl/N-ethyl adjacent to an activating group) is 1. The Bertz CT molecular complexity index is 395. The molecule has 1 rings (SSSR count). The zero-order valence-corrected chi connectivity index (χ0v) is 12.4. The molecule has 0 radical (unpaired) electrons. The molecule has 1 aromatic rings. The second-order valence-electron chi connectivity index (χ2n) is 4.40. The number of hydrogen-bond acceptors (Lipinski definition) is 3. The first-order valence-electron chi connectivity index (χ1n) is 6.27. The molecule has 19 heavy (non-hydrogen) atoms. The smallest absolute Gasteiger partial charge is 0.236 e. The van der Waals surface area contributed by atoms with Crippen molar-refractivity contribution in [2.75, 3.05) is 33.9 Å². The van der Waals surface area contributed by atoms with Crippen LogP contribution in [0.25, 0.3) is 0 Å². The van der Waals surface area contributed by atoms with Crippen LogP contribution in [-0.4, -0.2) is 44.7 Å². The lowest BCUT2D eigenvalue weighted by Gasteiger charge is -2.25. The van der Waals surface area contributed by atoms with Crippen LogP contribution in [0.5, 0.6) is 0 Å². The molecule has 0 spiro atoms. The lowest BCUT2D eigenvalue weighted by Crippen LogP contribution is -2.38. The van der Waals surface area contributed by atoms with Gasteiger partial charge in [0.1, 0.15) is 0 Å². The summed E-state index contributed by atoms with van der Waals surface area (Å²) in [4.78, 5) is 13.7. The second-order valence-corrected chi connectivity index (χ2v) is 4.84. The van der Waals surface area contributed by atoms with Gasteiger partial charge in [-0.15, -0.1) is 0 Å². The fraction of sp³-hybridized carbons (Fsp3) is 0.500. The van der Waals surface area contributed by atoms with Gasteiger partial charge in [0.2, 0.25) is 5.91 Å². The van der Waals surface area contributed by atoms with E-state index in [1.54, 1.807) is 19.1 Å². The molecular weight excluding hydrogens is 264 g/mol. The summed E-state index contributed by atoms with van der Waals surface area (Å²) in [6, 6.07) is 7.57. The highest BCUT2D eigenvalue weighted by Crippen LogP contribution is 2.20. The highest BCUT2D eigenvalue weighted by Gasteiger charge is 2.16. The molecule has 4 nitrogen and oxygen atoms in total. The first kappa shape index (κ1) is 16.0. The van der Waals surface area contributed by atoms with Crippen molar-refractivity contribution in [1.82, 2.24) is 10.2 Å². The van der Waals surface area contributed by atoms with E-state index in [4.69, 9.17) is 16.3 Å². The van der Waals surface area contributed by atoms with Crippen molar-refractivity contribution >= 4 is 17.5 Å². The summed E-state index contributed by atoms with van der Waals surface area (Å²) < 4.78 is 4.91. The summed E-state index contributed by atoms with van der Waals surface area (Å²) in [7, 11) is 3.44. The van der Waals surface area contributed by atoms with E-state index in [1.807, 2.05) is 31.2 Å². The number of rotatable bonds is 7. The quantitative estimate of drug-likeness (QED) is 0.780. The molecule has 0 bridgehead atoms. The van der Waals surface area contributed by atoms with E-state index in [2.05, 4.69) is 5.32 Å². The third-order valence-corrected chi connectivity index (χ3v) is 3.34. The van der Waals surface area contributed by atoms with Gasteiger partial charge in [-0.3, -0.25) is 4.79 Å². The molecule has 1 unspecified atom stereocenters. The lowest BCUT2D eigenvalue weighted by atomic mass is 10.1. The Morgan fingerprint density at radius 2 is 2.05 bits per heavy atom. The predicted octanol–water partition coefficient (Wildman–Crippen LogP) is 2.10. The van der Waals surface area contributed by atoms with Crippen molar-refractivity contribution in [3.05, 3.63) is 34.9 Å². The third-order valence-electron chi connectivity index (χ3n) is 3.09. The van der Waals surface area contributed by atoms with Crippen LogP contribution in [0, 0.1) is 0 Å². The Labute approximate surface area is 119 Å². The average molecular weight is 285 g/mol. The summed E-state index contributed by atoms with van der Waals surface area (Å²) >= 11 is 5.85. The number of carbonyl (C=O) groups is 1. The molecule has 0 fully saturated rings. The number of amides is 1. The minimum atomic E-state index is 0.0222. The molecule has 1 aromatic carbocycles. The maximum absolute atomic E-state index is 12.0. The number of nitrogens with one attached hydrogen (secondary N) is 1. The van der Waals surface area contributed by atoms with Crippen LogP contribution < -0.4 is 5.32 Å². The van der Waals surface area contributed by atoms with Crippen molar-refractivity contribution in [2.24, 2.45) is 0 Å². The molecular formula is C14H21ClN2O2. The molecule has 0 aromatic heterocycles. The zero-order valence-electron chi connectivity index (χ0n) is 11.6. The van der Waals surface area contributed by atoms with Crippen molar-refractivity contribution in [1.29, 1.82) is 0 Å². The molecule has 1 N–H and O–H groups in total. The van der Waals surface area contributed by atoms with Crippen molar-refractivity contribution in [3.8, 4) is 0 Å². The molecule has 0 aliphatic carbocycles. The largest absolute Gasteiger partial charge is 0.383 e. The number of carbonyl (C=O) groups excluding carboxylic acids is 1. The highest BCUT2D eigenvalue weighted by molar-refractivity contribution is 6.30. The molecule has 106 valence electrons. The zero-order chi connectivity index (χ0) is 14.3. The van der Waals surface area contributed by atoms with Gasteiger partial charge in [-0.1, -0.05) is 23.7 Å². The van der Waals surface area contributed by atoms with Gasteiger partial charge in [-0.2, -0.15) is 0 Å². The van der Waals surface area contributed by atoms with Gasteiger partial charge in [0.25, 0.3) is 0 Å². The molecule has 1 amide bonds. The van der Waals surface area contributed by atoms with E-state index in [1.165, 1.54) is 0 Å². The van der Waals surface area contributed by atoms with Crippen LogP contribution in [0.15, 0.2) is 24.3 Å². The van der Waals surface area contributed by atoms with Crippen LogP contribution in [0.1, 0.15) is 18.5 Å². The van der Waals surface area contributed by atoms with Crippen LogP contribution >= 0.6 is 11.6 Å². The highest BCUT2D eigenvalue weighted by atomic mass is 35.5. The SMILES string of the molecule is COCCNCC(=O)N(C)C(C)c1ccc(Cl)cc1.